The van der Waals surface area contributed by atoms with Gasteiger partial charge in [-0.05, 0) is 48.2 Å². The summed E-state index contributed by atoms with van der Waals surface area (Å²) in [5.74, 6) is -0.744. The van der Waals surface area contributed by atoms with Crippen LogP contribution in [0, 0.1) is 0 Å². The fourth-order valence-corrected chi connectivity index (χ4v) is 6.51. The van der Waals surface area contributed by atoms with Crippen LogP contribution in [0.1, 0.15) is 43.2 Å². The quantitative estimate of drug-likeness (QED) is 0.311. The summed E-state index contributed by atoms with van der Waals surface area (Å²) in [4.78, 5) is 29.8. The Bertz CT molecular complexity index is 1430. The van der Waals surface area contributed by atoms with E-state index in [-0.39, 0.29) is 24.9 Å². The molecule has 4 rings (SSSR count). The zero-order valence-electron chi connectivity index (χ0n) is 24.2. The fraction of sp³-hybridized carbons (Fsp3) is 0.375. The lowest BCUT2D eigenvalue weighted by Gasteiger charge is -2.35. The second-order valence-electron chi connectivity index (χ2n) is 10.8. The number of amides is 2. The van der Waals surface area contributed by atoms with Crippen LogP contribution < -0.4 is 9.62 Å². The monoisotopic (exact) mass is 610 g/mol. The van der Waals surface area contributed by atoms with Crippen LogP contribution in [-0.2, 0) is 32.8 Å². The molecule has 3 aromatic carbocycles. The second-order valence-corrected chi connectivity index (χ2v) is 13.3. The number of nitrogens with one attached hydrogen (secondary N) is 1. The molecule has 8 nitrogen and oxygen atoms in total. The Morgan fingerprint density at radius 1 is 0.881 bits per heavy atom. The van der Waals surface area contributed by atoms with Gasteiger partial charge in [0.2, 0.25) is 11.8 Å². The van der Waals surface area contributed by atoms with Crippen molar-refractivity contribution in [1.82, 2.24) is 14.5 Å². The first-order valence-electron chi connectivity index (χ1n) is 14.3. The highest BCUT2D eigenvalue weighted by Gasteiger charge is 2.35. The maximum atomic E-state index is 14.3. The number of anilines is 1. The van der Waals surface area contributed by atoms with E-state index in [1.165, 1.54) is 19.0 Å². The summed E-state index contributed by atoms with van der Waals surface area (Å²) in [6.45, 7) is -0.396. The molecule has 1 N–H and O–H groups in total. The van der Waals surface area contributed by atoms with E-state index in [2.05, 4.69) is 5.32 Å². The molecule has 0 heterocycles. The van der Waals surface area contributed by atoms with E-state index < -0.39 is 28.7 Å². The van der Waals surface area contributed by atoms with Crippen molar-refractivity contribution in [2.75, 3.05) is 24.9 Å². The normalized spacial score (nSPS) is 14.8. The molecular weight excluding hydrogens is 572 g/mol. The maximum Gasteiger partial charge on any atom is 0.304 e. The van der Waals surface area contributed by atoms with Crippen LogP contribution in [0.2, 0.25) is 5.02 Å². The summed E-state index contributed by atoms with van der Waals surface area (Å²) in [6, 6.07) is 24.4. The average molecular weight is 611 g/mol. The number of carbonyl (C=O) groups is 2. The zero-order chi connectivity index (χ0) is 30.1. The van der Waals surface area contributed by atoms with Gasteiger partial charge < -0.3 is 10.2 Å². The highest BCUT2D eigenvalue weighted by molar-refractivity contribution is 7.90. The predicted octanol–water partition coefficient (Wildman–Crippen LogP) is 5.04. The molecule has 10 heteroatoms. The summed E-state index contributed by atoms with van der Waals surface area (Å²) in [6.07, 6.45) is 5.32. The van der Waals surface area contributed by atoms with Crippen molar-refractivity contribution in [3.05, 3.63) is 101 Å². The standard InChI is InChI=1S/C32H39ClN4O4S/c1-35(2)42(40,41)37(29-19-10-5-11-20-29)24-31(38)36(23-26-15-12-16-27(33)21-26)30(22-25-13-6-3-7-14-25)32(39)34-28-17-8-4-9-18-28/h3,5-7,10-16,19-21,28,30H,4,8-9,17-18,22-24H2,1-2H3,(H,34,39). The molecular formula is C32H39ClN4O4S. The summed E-state index contributed by atoms with van der Waals surface area (Å²) >= 11 is 6.29. The van der Waals surface area contributed by atoms with Crippen LogP contribution in [0.25, 0.3) is 0 Å². The van der Waals surface area contributed by atoms with Crippen molar-refractivity contribution in [2.24, 2.45) is 0 Å². The number of hydrogen-bond donors (Lipinski definition) is 1. The summed E-state index contributed by atoms with van der Waals surface area (Å²) in [5, 5.41) is 3.71. The number of hydrogen-bond acceptors (Lipinski definition) is 4. The van der Waals surface area contributed by atoms with Crippen LogP contribution in [0.3, 0.4) is 0 Å². The smallest absolute Gasteiger partial charge is 0.304 e. The summed E-state index contributed by atoms with van der Waals surface area (Å²) in [5.41, 5.74) is 1.99. The van der Waals surface area contributed by atoms with Gasteiger partial charge in [0.05, 0.1) is 5.69 Å². The first kappa shape index (κ1) is 31.5. The number of carbonyl (C=O) groups excluding carboxylic acids is 2. The molecule has 0 radical (unpaired) electrons. The molecule has 0 bridgehead atoms. The highest BCUT2D eigenvalue weighted by Crippen LogP contribution is 2.23. The van der Waals surface area contributed by atoms with Crippen LogP contribution in [0.5, 0.6) is 0 Å². The van der Waals surface area contributed by atoms with Crippen LogP contribution in [-0.4, -0.2) is 62.2 Å². The molecule has 0 aliphatic heterocycles. The van der Waals surface area contributed by atoms with E-state index in [4.69, 9.17) is 11.6 Å². The topological polar surface area (TPSA) is 90.0 Å². The molecule has 0 aromatic heterocycles. The Balaban J connectivity index is 1.74. The number of nitrogens with zero attached hydrogens (tertiary/aromatic N) is 3. The van der Waals surface area contributed by atoms with Gasteiger partial charge in [0.15, 0.2) is 0 Å². The highest BCUT2D eigenvalue weighted by atomic mass is 35.5. The summed E-state index contributed by atoms with van der Waals surface area (Å²) < 4.78 is 29.0. The lowest BCUT2D eigenvalue weighted by molar-refractivity contribution is -0.140. The predicted molar refractivity (Wildman–Crippen MR) is 167 cm³/mol. The molecule has 1 saturated carbocycles. The van der Waals surface area contributed by atoms with Gasteiger partial charge in [0, 0.05) is 38.1 Å². The van der Waals surface area contributed by atoms with Crippen molar-refractivity contribution < 1.29 is 18.0 Å². The van der Waals surface area contributed by atoms with Gasteiger partial charge in [-0.1, -0.05) is 91.5 Å². The molecule has 224 valence electrons. The molecule has 3 aromatic rings. The Morgan fingerprint density at radius 2 is 1.50 bits per heavy atom. The van der Waals surface area contributed by atoms with Crippen molar-refractivity contribution in [1.29, 1.82) is 0 Å². The third kappa shape index (κ3) is 8.33. The number of para-hydroxylation sites is 1. The minimum atomic E-state index is -4.03. The first-order valence-corrected chi connectivity index (χ1v) is 16.1. The Labute approximate surface area is 254 Å². The second kappa shape index (κ2) is 14.7. The van der Waals surface area contributed by atoms with E-state index in [1.54, 1.807) is 48.5 Å². The van der Waals surface area contributed by atoms with Crippen LogP contribution >= 0.6 is 11.6 Å². The molecule has 1 atom stereocenters. The van der Waals surface area contributed by atoms with Gasteiger partial charge in [-0.2, -0.15) is 12.7 Å². The van der Waals surface area contributed by atoms with Gasteiger partial charge in [-0.15, -0.1) is 0 Å². The molecule has 1 fully saturated rings. The molecule has 0 spiro atoms. The molecule has 0 saturated heterocycles. The van der Waals surface area contributed by atoms with Gasteiger partial charge in [0.1, 0.15) is 12.6 Å². The lowest BCUT2D eigenvalue weighted by atomic mass is 9.94. The third-order valence-electron chi connectivity index (χ3n) is 7.53. The molecule has 1 aliphatic carbocycles. The number of halogens is 1. The van der Waals surface area contributed by atoms with Crippen LogP contribution in [0.4, 0.5) is 5.69 Å². The van der Waals surface area contributed by atoms with Gasteiger partial charge in [-0.3, -0.25) is 9.59 Å². The molecule has 1 unspecified atom stereocenters. The van der Waals surface area contributed by atoms with E-state index in [0.29, 0.717) is 10.7 Å². The molecule has 2 amide bonds. The maximum absolute atomic E-state index is 14.3. The van der Waals surface area contributed by atoms with Crippen LogP contribution in [0.15, 0.2) is 84.9 Å². The van der Waals surface area contributed by atoms with E-state index in [9.17, 15) is 18.0 Å². The first-order chi connectivity index (χ1) is 20.1. The van der Waals surface area contributed by atoms with E-state index in [0.717, 1.165) is 51.8 Å². The SMILES string of the molecule is CN(C)S(=O)(=O)N(CC(=O)N(Cc1cccc(Cl)c1)C(Cc1ccccc1)C(=O)NC1CCCCC1)c1ccccc1. The number of benzene rings is 3. The van der Waals surface area contributed by atoms with E-state index >= 15 is 0 Å². The average Bonchev–Trinajstić information content (AvgIpc) is 2.99. The van der Waals surface area contributed by atoms with Gasteiger partial charge in [-0.25, -0.2) is 4.31 Å². The Morgan fingerprint density at radius 3 is 2.12 bits per heavy atom. The number of rotatable bonds is 12. The summed E-state index contributed by atoms with van der Waals surface area (Å²) in [7, 11) is -1.18. The molecule has 42 heavy (non-hydrogen) atoms. The van der Waals surface area contributed by atoms with Gasteiger partial charge in [0.25, 0.3) is 0 Å². The Kier molecular flexibility index (Phi) is 11.0. The minimum Gasteiger partial charge on any atom is -0.352 e. The van der Waals surface area contributed by atoms with Crippen molar-refractivity contribution in [3.8, 4) is 0 Å². The molecule has 1 aliphatic rings. The van der Waals surface area contributed by atoms with Crippen molar-refractivity contribution in [3.63, 3.8) is 0 Å². The lowest BCUT2D eigenvalue weighted by Crippen LogP contribution is -2.55. The third-order valence-corrected chi connectivity index (χ3v) is 9.58. The van der Waals surface area contributed by atoms with Gasteiger partial charge >= 0.3 is 10.2 Å². The van der Waals surface area contributed by atoms with E-state index in [1.807, 2.05) is 36.4 Å². The fourth-order valence-electron chi connectivity index (χ4n) is 5.24. The van der Waals surface area contributed by atoms with Crippen molar-refractivity contribution >= 4 is 39.3 Å². The minimum absolute atomic E-state index is 0.0441. The van der Waals surface area contributed by atoms with Crippen molar-refractivity contribution in [2.45, 2.75) is 57.2 Å². The zero-order valence-corrected chi connectivity index (χ0v) is 25.7. The largest absolute Gasteiger partial charge is 0.352 e. The Hall–Kier alpha value is -3.40.